The van der Waals surface area contributed by atoms with Crippen molar-refractivity contribution >= 4 is 0 Å². The second-order valence-electron chi connectivity index (χ2n) is 5.38. The topological polar surface area (TPSA) is 44.5 Å². The normalized spacial score (nSPS) is 22.1. The fourth-order valence-corrected chi connectivity index (χ4v) is 2.85. The van der Waals surface area contributed by atoms with Crippen LogP contribution in [-0.4, -0.2) is 25.9 Å². The molecule has 20 heavy (non-hydrogen) atoms. The SMILES string of the molecule is COc1ccc(F)cc1CCC[C@@H]1CC[C@H](CCN)O1. The van der Waals surface area contributed by atoms with Gasteiger partial charge in [-0.2, -0.15) is 0 Å². The van der Waals surface area contributed by atoms with Gasteiger partial charge in [-0.25, -0.2) is 4.39 Å². The van der Waals surface area contributed by atoms with Crippen molar-refractivity contribution in [2.75, 3.05) is 13.7 Å². The van der Waals surface area contributed by atoms with Crippen LogP contribution in [0, 0.1) is 5.82 Å². The molecular formula is C16H24FNO2. The minimum atomic E-state index is -0.207. The summed E-state index contributed by atoms with van der Waals surface area (Å²) < 4.78 is 24.5. The summed E-state index contributed by atoms with van der Waals surface area (Å²) in [6, 6.07) is 4.68. The Morgan fingerprint density at radius 2 is 2.05 bits per heavy atom. The summed E-state index contributed by atoms with van der Waals surface area (Å²) in [6.45, 7) is 0.692. The van der Waals surface area contributed by atoms with Gasteiger partial charge < -0.3 is 15.2 Å². The van der Waals surface area contributed by atoms with Crippen molar-refractivity contribution in [1.82, 2.24) is 0 Å². The summed E-state index contributed by atoms with van der Waals surface area (Å²) in [6.07, 6.45) is 6.69. The lowest BCUT2D eigenvalue weighted by molar-refractivity contribution is 0.0366. The van der Waals surface area contributed by atoms with Crippen LogP contribution < -0.4 is 10.5 Å². The minimum Gasteiger partial charge on any atom is -0.496 e. The van der Waals surface area contributed by atoms with E-state index in [-0.39, 0.29) is 5.82 Å². The highest BCUT2D eigenvalue weighted by molar-refractivity contribution is 5.33. The van der Waals surface area contributed by atoms with Crippen LogP contribution in [0.15, 0.2) is 18.2 Å². The molecule has 0 aromatic heterocycles. The Balaban J connectivity index is 1.77. The van der Waals surface area contributed by atoms with Crippen LogP contribution in [0.5, 0.6) is 5.75 Å². The number of halogens is 1. The summed E-state index contributed by atoms with van der Waals surface area (Å²) in [5, 5.41) is 0. The van der Waals surface area contributed by atoms with Crippen LogP contribution in [0.3, 0.4) is 0 Å². The number of nitrogens with two attached hydrogens (primary N) is 1. The Labute approximate surface area is 120 Å². The van der Waals surface area contributed by atoms with Crippen molar-refractivity contribution in [3.63, 3.8) is 0 Å². The first-order valence-electron chi connectivity index (χ1n) is 7.41. The Morgan fingerprint density at radius 1 is 1.30 bits per heavy atom. The zero-order chi connectivity index (χ0) is 14.4. The van der Waals surface area contributed by atoms with Crippen molar-refractivity contribution in [2.45, 2.75) is 50.7 Å². The summed E-state index contributed by atoms with van der Waals surface area (Å²) in [4.78, 5) is 0. The molecular weight excluding hydrogens is 257 g/mol. The Morgan fingerprint density at radius 3 is 2.75 bits per heavy atom. The average molecular weight is 281 g/mol. The first kappa shape index (κ1) is 15.3. The smallest absolute Gasteiger partial charge is 0.123 e. The van der Waals surface area contributed by atoms with E-state index >= 15 is 0 Å². The maximum absolute atomic E-state index is 13.3. The van der Waals surface area contributed by atoms with E-state index in [1.165, 1.54) is 6.07 Å². The quantitative estimate of drug-likeness (QED) is 0.835. The van der Waals surface area contributed by atoms with E-state index in [9.17, 15) is 4.39 Å². The van der Waals surface area contributed by atoms with Gasteiger partial charge in [0.15, 0.2) is 0 Å². The molecule has 1 aliphatic rings. The summed E-state index contributed by atoms with van der Waals surface area (Å²) in [5.41, 5.74) is 6.48. The molecule has 112 valence electrons. The molecule has 0 bridgehead atoms. The standard InChI is InChI=1S/C16H24FNO2/c1-19-16-8-5-13(17)11-12(16)3-2-4-14-6-7-15(20-14)9-10-18/h5,8,11,14-15H,2-4,6-7,9-10,18H2,1H3/t14-,15-/m1/s1. The molecule has 4 heteroatoms. The largest absolute Gasteiger partial charge is 0.496 e. The fraction of sp³-hybridized carbons (Fsp3) is 0.625. The third kappa shape index (κ3) is 4.18. The highest BCUT2D eigenvalue weighted by Gasteiger charge is 2.24. The van der Waals surface area contributed by atoms with Crippen LogP contribution in [-0.2, 0) is 11.2 Å². The van der Waals surface area contributed by atoms with Crippen LogP contribution in [0.4, 0.5) is 4.39 Å². The van der Waals surface area contributed by atoms with Gasteiger partial charge in [0.1, 0.15) is 11.6 Å². The third-order valence-electron chi connectivity index (χ3n) is 3.90. The molecule has 0 aliphatic carbocycles. The van der Waals surface area contributed by atoms with Crippen molar-refractivity contribution in [3.8, 4) is 5.75 Å². The molecule has 0 spiro atoms. The summed E-state index contributed by atoms with van der Waals surface area (Å²) in [5.74, 6) is 0.556. The Hall–Kier alpha value is -1.13. The highest BCUT2D eigenvalue weighted by Crippen LogP contribution is 2.27. The van der Waals surface area contributed by atoms with E-state index in [4.69, 9.17) is 15.2 Å². The average Bonchev–Trinajstić information content (AvgIpc) is 2.87. The molecule has 2 rings (SSSR count). The van der Waals surface area contributed by atoms with Crippen molar-refractivity contribution in [3.05, 3.63) is 29.6 Å². The first-order valence-corrected chi connectivity index (χ1v) is 7.41. The van der Waals surface area contributed by atoms with Gasteiger partial charge >= 0.3 is 0 Å². The predicted molar refractivity (Wildman–Crippen MR) is 77.5 cm³/mol. The molecule has 0 amide bonds. The lowest BCUT2D eigenvalue weighted by atomic mass is 10.0. The molecule has 1 aromatic rings. The van der Waals surface area contributed by atoms with Crippen LogP contribution in [0.25, 0.3) is 0 Å². The van der Waals surface area contributed by atoms with Gasteiger partial charge in [-0.15, -0.1) is 0 Å². The van der Waals surface area contributed by atoms with E-state index < -0.39 is 0 Å². The number of hydrogen-bond donors (Lipinski definition) is 1. The fourth-order valence-electron chi connectivity index (χ4n) is 2.85. The molecule has 1 saturated heterocycles. The van der Waals surface area contributed by atoms with E-state index in [1.807, 2.05) is 0 Å². The van der Waals surface area contributed by atoms with Gasteiger partial charge in [0.05, 0.1) is 19.3 Å². The van der Waals surface area contributed by atoms with Gasteiger partial charge in [-0.1, -0.05) is 0 Å². The number of hydrogen-bond acceptors (Lipinski definition) is 3. The molecule has 0 radical (unpaired) electrons. The number of rotatable bonds is 7. The van der Waals surface area contributed by atoms with Crippen molar-refractivity contribution < 1.29 is 13.9 Å². The maximum Gasteiger partial charge on any atom is 0.123 e. The van der Waals surface area contributed by atoms with E-state index in [0.717, 1.165) is 49.8 Å². The number of methoxy groups -OCH3 is 1. The number of ether oxygens (including phenoxy) is 2. The molecule has 1 aliphatic heterocycles. The number of aryl methyl sites for hydroxylation is 1. The molecule has 1 fully saturated rings. The predicted octanol–water partition coefficient (Wildman–Crippen LogP) is 3.05. The third-order valence-corrected chi connectivity index (χ3v) is 3.90. The van der Waals surface area contributed by atoms with E-state index in [1.54, 1.807) is 19.2 Å². The lowest BCUT2D eigenvalue weighted by Gasteiger charge is -2.13. The number of benzene rings is 1. The zero-order valence-electron chi connectivity index (χ0n) is 12.1. The molecule has 2 atom stereocenters. The Kier molecular flexibility index (Phi) is 5.80. The molecule has 0 unspecified atom stereocenters. The van der Waals surface area contributed by atoms with Gasteiger partial charge in [0, 0.05) is 0 Å². The second kappa shape index (κ2) is 7.60. The maximum atomic E-state index is 13.3. The van der Waals surface area contributed by atoms with Crippen molar-refractivity contribution in [2.24, 2.45) is 5.73 Å². The van der Waals surface area contributed by atoms with Crippen LogP contribution in [0.1, 0.15) is 37.7 Å². The molecule has 0 saturated carbocycles. The van der Waals surface area contributed by atoms with Crippen LogP contribution >= 0.6 is 0 Å². The van der Waals surface area contributed by atoms with E-state index in [2.05, 4.69) is 0 Å². The van der Waals surface area contributed by atoms with Crippen molar-refractivity contribution in [1.29, 1.82) is 0 Å². The second-order valence-corrected chi connectivity index (χ2v) is 5.38. The Bertz CT molecular complexity index is 425. The summed E-state index contributed by atoms with van der Waals surface area (Å²) in [7, 11) is 1.62. The first-order chi connectivity index (χ1) is 9.72. The summed E-state index contributed by atoms with van der Waals surface area (Å²) >= 11 is 0. The molecule has 1 heterocycles. The van der Waals surface area contributed by atoms with Crippen LogP contribution in [0.2, 0.25) is 0 Å². The monoisotopic (exact) mass is 281 g/mol. The molecule has 3 nitrogen and oxygen atoms in total. The minimum absolute atomic E-state index is 0.207. The van der Waals surface area contributed by atoms with Gasteiger partial charge in [-0.05, 0) is 68.8 Å². The highest BCUT2D eigenvalue weighted by atomic mass is 19.1. The lowest BCUT2D eigenvalue weighted by Crippen LogP contribution is -2.15. The molecule has 2 N–H and O–H groups in total. The van der Waals surface area contributed by atoms with Gasteiger partial charge in [-0.3, -0.25) is 0 Å². The van der Waals surface area contributed by atoms with Gasteiger partial charge in [0.25, 0.3) is 0 Å². The van der Waals surface area contributed by atoms with Gasteiger partial charge in [0.2, 0.25) is 0 Å². The zero-order valence-corrected chi connectivity index (χ0v) is 12.1. The molecule has 1 aromatic carbocycles. The van der Waals surface area contributed by atoms with E-state index in [0.29, 0.717) is 18.8 Å².